The van der Waals surface area contributed by atoms with Crippen molar-refractivity contribution < 1.29 is 4.79 Å². The van der Waals surface area contributed by atoms with Crippen molar-refractivity contribution in [2.24, 2.45) is 17.1 Å². The van der Waals surface area contributed by atoms with Crippen LogP contribution in [0.3, 0.4) is 0 Å². The van der Waals surface area contributed by atoms with E-state index in [-0.39, 0.29) is 5.91 Å². The molecule has 18 heavy (non-hydrogen) atoms. The zero-order valence-electron chi connectivity index (χ0n) is 11.6. The van der Waals surface area contributed by atoms with Crippen molar-refractivity contribution in [3.05, 3.63) is 0 Å². The summed E-state index contributed by atoms with van der Waals surface area (Å²) in [5.41, 5.74) is 5.24. The van der Waals surface area contributed by atoms with Crippen LogP contribution in [0.5, 0.6) is 0 Å². The Morgan fingerprint density at radius 3 is 2.28 bits per heavy atom. The van der Waals surface area contributed by atoms with E-state index in [1.54, 1.807) is 0 Å². The van der Waals surface area contributed by atoms with Gasteiger partial charge >= 0.3 is 0 Å². The van der Waals surface area contributed by atoms with Gasteiger partial charge in [0.2, 0.25) is 5.91 Å². The third-order valence-corrected chi connectivity index (χ3v) is 4.19. The predicted molar refractivity (Wildman–Crippen MR) is 79.4 cm³/mol. The molecule has 0 bridgehead atoms. The zero-order valence-corrected chi connectivity index (χ0v) is 12.4. The fraction of sp³-hybridized carbons (Fsp3) is 0.857. The van der Waals surface area contributed by atoms with E-state index in [1.165, 1.54) is 12.8 Å². The van der Waals surface area contributed by atoms with Crippen LogP contribution in [0.1, 0.15) is 58.8 Å². The highest BCUT2D eigenvalue weighted by Gasteiger charge is 2.39. The standard InChI is InChI=1S/C14H26N2OS/c1-3-8-14(9-4-2,12(15)18)13(17)16-10-7-11-5-6-11/h11H,3-10H2,1-2H3,(H2,15,18)(H,16,17). The second-order valence-electron chi connectivity index (χ2n) is 5.43. The molecule has 0 unspecified atom stereocenters. The van der Waals surface area contributed by atoms with Gasteiger partial charge in [-0.1, -0.05) is 51.7 Å². The van der Waals surface area contributed by atoms with Gasteiger partial charge in [-0.3, -0.25) is 4.79 Å². The van der Waals surface area contributed by atoms with Crippen molar-refractivity contribution in [1.29, 1.82) is 0 Å². The zero-order chi connectivity index (χ0) is 13.6. The van der Waals surface area contributed by atoms with Crippen LogP contribution in [0.25, 0.3) is 0 Å². The summed E-state index contributed by atoms with van der Waals surface area (Å²) in [4.78, 5) is 12.8. The van der Waals surface area contributed by atoms with Crippen LogP contribution in [0, 0.1) is 11.3 Å². The van der Waals surface area contributed by atoms with E-state index < -0.39 is 5.41 Å². The normalized spacial score (nSPS) is 15.4. The lowest BCUT2D eigenvalue weighted by Crippen LogP contribution is -2.49. The molecular weight excluding hydrogens is 244 g/mol. The van der Waals surface area contributed by atoms with Crippen LogP contribution in [-0.4, -0.2) is 17.4 Å². The minimum absolute atomic E-state index is 0.0411. The summed E-state index contributed by atoms with van der Waals surface area (Å²) < 4.78 is 0. The van der Waals surface area contributed by atoms with E-state index in [2.05, 4.69) is 19.2 Å². The van der Waals surface area contributed by atoms with E-state index >= 15 is 0 Å². The Morgan fingerprint density at radius 1 is 1.33 bits per heavy atom. The fourth-order valence-corrected chi connectivity index (χ4v) is 2.83. The van der Waals surface area contributed by atoms with Crippen molar-refractivity contribution in [2.75, 3.05) is 6.54 Å². The number of rotatable bonds is 9. The average Bonchev–Trinajstić information content (AvgIpc) is 3.12. The number of nitrogens with two attached hydrogens (primary N) is 1. The maximum atomic E-state index is 12.4. The lowest BCUT2D eigenvalue weighted by atomic mass is 9.78. The predicted octanol–water partition coefficient (Wildman–Crippen LogP) is 2.78. The van der Waals surface area contributed by atoms with E-state index in [0.717, 1.165) is 44.6 Å². The fourth-order valence-electron chi connectivity index (χ4n) is 2.53. The van der Waals surface area contributed by atoms with Gasteiger partial charge in [-0.2, -0.15) is 0 Å². The summed E-state index contributed by atoms with van der Waals surface area (Å²) in [5, 5.41) is 3.04. The smallest absolute Gasteiger partial charge is 0.233 e. The van der Waals surface area contributed by atoms with E-state index in [4.69, 9.17) is 18.0 Å². The summed E-state index contributed by atoms with van der Waals surface area (Å²) in [6.07, 6.45) is 7.09. The first-order chi connectivity index (χ1) is 8.56. The minimum atomic E-state index is -0.623. The van der Waals surface area contributed by atoms with Gasteiger partial charge in [-0.15, -0.1) is 0 Å². The Kier molecular flexibility index (Phi) is 6.06. The lowest BCUT2D eigenvalue weighted by Gasteiger charge is -2.31. The number of amides is 1. The topological polar surface area (TPSA) is 55.1 Å². The monoisotopic (exact) mass is 270 g/mol. The summed E-state index contributed by atoms with van der Waals surface area (Å²) in [6.45, 7) is 4.90. The van der Waals surface area contributed by atoms with Crippen molar-refractivity contribution in [3.63, 3.8) is 0 Å². The molecule has 3 N–H and O–H groups in total. The van der Waals surface area contributed by atoms with Gasteiger partial charge in [0.05, 0.1) is 10.4 Å². The number of carbonyl (C=O) groups is 1. The van der Waals surface area contributed by atoms with Gasteiger partial charge in [-0.25, -0.2) is 0 Å². The minimum Gasteiger partial charge on any atom is -0.392 e. The van der Waals surface area contributed by atoms with Crippen LogP contribution in [0.15, 0.2) is 0 Å². The Morgan fingerprint density at radius 2 is 1.89 bits per heavy atom. The van der Waals surface area contributed by atoms with Crippen LogP contribution >= 0.6 is 12.2 Å². The van der Waals surface area contributed by atoms with Crippen LogP contribution < -0.4 is 11.1 Å². The molecule has 1 aliphatic carbocycles. The molecule has 1 saturated carbocycles. The van der Waals surface area contributed by atoms with E-state index in [0.29, 0.717) is 4.99 Å². The first kappa shape index (κ1) is 15.4. The molecule has 104 valence electrons. The molecule has 3 nitrogen and oxygen atoms in total. The molecule has 4 heteroatoms. The van der Waals surface area contributed by atoms with Gasteiger partial charge in [0, 0.05) is 6.54 Å². The summed E-state index contributed by atoms with van der Waals surface area (Å²) >= 11 is 5.17. The number of hydrogen-bond donors (Lipinski definition) is 2. The first-order valence-corrected chi connectivity index (χ1v) is 7.55. The molecule has 1 aliphatic rings. The average molecular weight is 270 g/mol. The van der Waals surface area contributed by atoms with Gasteiger partial charge in [0.25, 0.3) is 0 Å². The van der Waals surface area contributed by atoms with Crippen LogP contribution in [0.4, 0.5) is 0 Å². The molecule has 1 fully saturated rings. The molecule has 0 aromatic heterocycles. The molecule has 0 atom stereocenters. The molecule has 1 amide bonds. The number of carbonyl (C=O) groups excluding carboxylic acids is 1. The van der Waals surface area contributed by atoms with Crippen molar-refractivity contribution in [3.8, 4) is 0 Å². The van der Waals surface area contributed by atoms with Gasteiger partial charge in [-0.05, 0) is 25.2 Å². The van der Waals surface area contributed by atoms with E-state index in [9.17, 15) is 4.79 Å². The molecule has 0 radical (unpaired) electrons. The van der Waals surface area contributed by atoms with Crippen LogP contribution in [0.2, 0.25) is 0 Å². The Labute approximate surface area is 116 Å². The van der Waals surface area contributed by atoms with Crippen molar-refractivity contribution in [2.45, 2.75) is 58.8 Å². The maximum Gasteiger partial charge on any atom is 0.233 e. The summed E-state index contributed by atoms with van der Waals surface area (Å²) in [6, 6.07) is 0. The SMILES string of the molecule is CCCC(CCC)(C(=O)NCCC1CC1)C(N)=S. The number of hydrogen-bond acceptors (Lipinski definition) is 2. The second-order valence-corrected chi connectivity index (χ2v) is 5.87. The highest BCUT2D eigenvalue weighted by Crippen LogP contribution is 2.33. The van der Waals surface area contributed by atoms with Crippen molar-refractivity contribution in [1.82, 2.24) is 5.32 Å². The first-order valence-electron chi connectivity index (χ1n) is 7.15. The molecular formula is C14H26N2OS. The molecule has 0 aliphatic heterocycles. The largest absolute Gasteiger partial charge is 0.392 e. The Hall–Kier alpha value is -0.640. The van der Waals surface area contributed by atoms with Crippen LogP contribution in [-0.2, 0) is 4.79 Å². The molecule has 0 saturated heterocycles. The highest BCUT2D eigenvalue weighted by molar-refractivity contribution is 7.80. The molecule has 0 aromatic carbocycles. The number of thiocarbonyl (C=S) groups is 1. The summed E-state index contributed by atoms with van der Waals surface area (Å²) in [5.74, 6) is 0.876. The van der Waals surface area contributed by atoms with E-state index in [1.807, 2.05) is 0 Å². The van der Waals surface area contributed by atoms with Gasteiger partial charge in [0.1, 0.15) is 0 Å². The third kappa shape index (κ3) is 3.94. The molecule has 0 aromatic rings. The summed E-state index contributed by atoms with van der Waals surface area (Å²) in [7, 11) is 0. The Bertz CT molecular complexity index is 294. The van der Waals surface area contributed by atoms with Gasteiger partial charge in [0.15, 0.2) is 0 Å². The lowest BCUT2D eigenvalue weighted by molar-refractivity contribution is -0.128. The number of nitrogens with one attached hydrogen (secondary N) is 1. The Balaban J connectivity index is 2.59. The van der Waals surface area contributed by atoms with Gasteiger partial charge < -0.3 is 11.1 Å². The maximum absolute atomic E-state index is 12.4. The second kappa shape index (κ2) is 7.07. The highest BCUT2D eigenvalue weighted by atomic mass is 32.1. The molecule has 0 heterocycles. The molecule has 0 spiro atoms. The quantitative estimate of drug-likeness (QED) is 0.633. The third-order valence-electron chi connectivity index (χ3n) is 3.79. The van der Waals surface area contributed by atoms with Crippen molar-refractivity contribution >= 4 is 23.1 Å². The molecule has 1 rings (SSSR count).